The summed E-state index contributed by atoms with van der Waals surface area (Å²) < 4.78 is 10.3. The zero-order chi connectivity index (χ0) is 10.4. The SMILES string of the molecule is CCOC(=O)CCSC1CCOC1C. The van der Waals surface area contributed by atoms with Gasteiger partial charge in [0, 0.05) is 17.6 Å². The van der Waals surface area contributed by atoms with Crippen molar-refractivity contribution in [2.75, 3.05) is 19.0 Å². The maximum absolute atomic E-state index is 11.0. The number of rotatable bonds is 5. The Bertz CT molecular complexity index is 184. The summed E-state index contributed by atoms with van der Waals surface area (Å²) in [6, 6.07) is 0. The summed E-state index contributed by atoms with van der Waals surface area (Å²) in [5, 5.41) is 0.560. The van der Waals surface area contributed by atoms with Crippen LogP contribution in [-0.4, -0.2) is 36.3 Å². The molecular weight excluding hydrogens is 200 g/mol. The van der Waals surface area contributed by atoms with Crippen molar-refractivity contribution in [1.29, 1.82) is 0 Å². The van der Waals surface area contributed by atoms with E-state index in [2.05, 4.69) is 6.92 Å². The molecule has 1 aliphatic heterocycles. The van der Waals surface area contributed by atoms with Gasteiger partial charge in [0.25, 0.3) is 0 Å². The van der Waals surface area contributed by atoms with Gasteiger partial charge in [0.1, 0.15) is 0 Å². The summed E-state index contributed by atoms with van der Waals surface area (Å²) in [7, 11) is 0. The minimum Gasteiger partial charge on any atom is -0.466 e. The maximum Gasteiger partial charge on any atom is 0.306 e. The Balaban J connectivity index is 2.06. The Morgan fingerprint density at radius 2 is 2.43 bits per heavy atom. The molecule has 0 aliphatic carbocycles. The summed E-state index contributed by atoms with van der Waals surface area (Å²) in [5.41, 5.74) is 0. The van der Waals surface area contributed by atoms with Crippen molar-refractivity contribution in [2.24, 2.45) is 0 Å². The number of carbonyl (C=O) groups is 1. The maximum atomic E-state index is 11.0. The Morgan fingerprint density at radius 1 is 1.64 bits per heavy atom. The average molecular weight is 218 g/mol. The van der Waals surface area contributed by atoms with Crippen LogP contribution in [-0.2, 0) is 14.3 Å². The van der Waals surface area contributed by atoms with Gasteiger partial charge in [-0.25, -0.2) is 0 Å². The number of thioether (sulfide) groups is 1. The van der Waals surface area contributed by atoms with E-state index in [0.717, 1.165) is 18.8 Å². The number of carbonyl (C=O) groups excluding carboxylic acids is 1. The van der Waals surface area contributed by atoms with Gasteiger partial charge in [-0.05, 0) is 20.3 Å². The molecule has 4 heteroatoms. The van der Waals surface area contributed by atoms with E-state index in [9.17, 15) is 4.79 Å². The fourth-order valence-electron chi connectivity index (χ4n) is 1.46. The van der Waals surface area contributed by atoms with Crippen LogP contribution in [0.15, 0.2) is 0 Å². The lowest BCUT2D eigenvalue weighted by Crippen LogP contribution is -2.15. The number of esters is 1. The summed E-state index contributed by atoms with van der Waals surface area (Å²) in [6.07, 6.45) is 1.96. The number of hydrogen-bond acceptors (Lipinski definition) is 4. The van der Waals surface area contributed by atoms with E-state index in [-0.39, 0.29) is 5.97 Å². The molecule has 1 heterocycles. The highest BCUT2D eigenvalue weighted by atomic mass is 32.2. The van der Waals surface area contributed by atoms with E-state index in [0.29, 0.717) is 24.4 Å². The molecular formula is C10H18O3S. The quantitative estimate of drug-likeness (QED) is 0.660. The van der Waals surface area contributed by atoms with Crippen LogP contribution in [0.25, 0.3) is 0 Å². The van der Waals surface area contributed by atoms with E-state index in [4.69, 9.17) is 9.47 Å². The molecule has 2 atom stereocenters. The molecule has 0 radical (unpaired) electrons. The van der Waals surface area contributed by atoms with Crippen LogP contribution in [0.2, 0.25) is 0 Å². The molecule has 0 amide bonds. The highest BCUT2D eigenvalue weighted by Gasteiger charge is 2.24. The second-order valence-corrected chi connectivity index (χ2v) is 4.68. The predicted molar refractivity (Wildman–Crippen MR) is 57.5 cm³/mol. The molecule has 1 fully saturated rings. The van der Waals surface area contributed by atoms with Crippen molar-refractivity contribution in [2.45, 2.75) is 38.0 Å². The van der Waals surface area contributed by atoms with Gasteiger partial charge in [-0.1, -0.05) is 0 Å². The third-order valence-electron chi connectivity index (χ3n) is 2.25. The predicted octanol–water partition coefficient (Wildman–Crippen LogP) is 1.85. The van der Waals surface area contributed by atoms with E-state index < -0.39 is 0 Å². The first-order chi connectivity index (χ1) is 6.74. The third kappa shape index (κ3) is 3.88. The highest BCUT2D eigenvalue weighted by molar-refractivity contribution is 7.99. The molecule has 0 aromatic heterocycles. The van der Waals surface area contributed by atoms with Crippen LogP contribution in [0.3, 0.4) is 0 Å². The Labute approximate surface area is 89.5 Å². The fourth-order valence-corrected chi connectivity index (χ4v) is 2.66. The van der Waals surface area contributed by atoms with Gasteiger partial charge in [0.15, 0.2) is 0 Å². The Hall–Kier alpha value is -0.220. The molecule has 3 nitrogen and oxygen atoms in total. The van der Waals surface area contributed by atoms with Gasteiger partial charge >= 0.3 is 5.97 Å². The van der Waals surface area contributed by atoms with Crippen molar-refractivity contribution in [1.82, 2.24) is 0 Å². The van der Waals surface area contributed by atoms with E-state index >= 15 is 0 Å². The van der Waals surface area contributed by atoms with Crippen LogP contribution >= 0.6 is 11.8 Å². The second kappa shape index (κ2) is 6.30. The van der Waals surface area contributed by atoms with Gasteiger partial charge in [0.05, 0.1) is 19.1 Å². The summed E-state index contributed by atoms with van der Waals surface area (Å²) >= 11 is 1.82. The van der Waals surface area contributed by atoms with Crippen molar-refractivity contribution in [3.05, 3.63) is 0 Å². The first kappa shape index (κ1) is 11.9. The summed E-state index contributed by atoms with van der Waals surface area (Å²) in [6.45, 7) is 5.26. The van der Waals surface area contributed by atoms with Crippen LogP contribution in [0.1, 0.15) is 26.7 Å². The topological polar surface area (TPSA) is 35.5 Å². The lowest BCUT2D eigenvalue weighted by atomic mass is 10.3. The standard InChI is InChI=1S/C10H18O3S/c1-3-12-10(11)5-7-14-9-4-6-13-8(9)2/h8-9H,3-7H2,1-2H3. The van der Waals surface area contributed by atoms with Gasteiger partial charge in [0.2, 0.25) is 0 Å². The zero-order valence-electron chi connectivity index (χ0n) is 8.82. The summed E-state index contributed by atoms with van der Waals surface area (Å²) in [5.74, 6) is 0.753. The molecule has 14 heavy (non-hydrogen) atoms. The lowest BCUT2D eigenvalue weighted by Gasteiger charge is -2.12. The normalized spacial score (nSPS) is 26.4. The summed E-state index contributed by atoms with van der Waals surface area (Å²) in [4.78, 5) is 11.0. The van der Waals surface area contributed by atoms with Crippen molar-refractivity contribution < 1.29 is 14.3 Å². The molecule has 2 unspecified atom stereocenters. The van der Waals surface area contributed by atoms with E-state index in [1.54, 1.807) is 0 Å². The Kier molecular flexibility index (Phi) is 5.33. The number of ether oxygens (including phenoxy) is 2. The molecule has 0 saturated carbocycles. The first-order valence-corrected chi connectivity index (χ1v) is 6.17. The smallest absolute Gasteiger partial charge is 0.306 e. The second-order valence-electron chi connectivity index (χ2n) is 3.33. The van der Waals surface area contributed by atoms with Crippen molar-refractivity contribution in [3.8, 4) is 0 Å². The monoisotopic (exact) mass is 218 g/mol. The first-order valence-electron chi connectivity index (χ1n) is 5.13. The molecule has 1 rings (SSSR count). The fraction of sp³-hybridized carbons (Fsp3) is 0.900. The van der Waals surface area contributed by atoms with E-state index in [1.165, 1.54) is 0 Å². The van der Waals surface area contributed by atoms with Gasteiger partial charge in [-0.2, -0.15) is 11.8 Å². The lowest BCUT2D eigenvalue weighted by molar-refractivity contribution is -0.142. The minimum atomic E-state index is -0.0911. The average Bonchev–Trinajstić information content (AvgIpc) is 2.52. The minimum absolute atomic E-state index is 0.0911. The molecule has 0 spiro atoms. The largest absolute Gasteiger partial charge is 0.466 e. The third-order valence-corrected chi connectivity index (χ3v) is 3.74. The molecule has 0 aromatic rings. The molecule has 0 N–H and O–H groups in total. The van der Waals surface area contributed by atoms with Crippen LogP contribution in [0.5, 0.6) is 0 Å². The van der Waals surface area contributed by atoms with Gasteiger partial charge < -0.3 is 9.47 Å². The molecule has 82 valence electrons. The highest BCUT2D eigenvalue weighted by Crippen LogP contribution is 2.26. The molecule has 1 aliphatic rings. The van der Waals surface area contributed by atoms with Gasteiger partial charge in [-0.15, -0.1) is 0 Å². The Morgan fingerprint density at radius 3 is 3.00 bits per heavy atom. The van der Waals surface area contributed by atoms with Gasteiger partial charge in [-0.3, -0.25) is 4.79 Å². The molecule has 0 bridgehead atoms. The zero-order valence-corrected chi connectivity index (χ0v) is 9.64. The van der Waals surface area contributed by atoms with Crippen LogP contribution in [0.4, 0.5) is 0 Å². The number of hydrogen-bond donors (Lipinski definition) is 0. The van der Waals surface area contributed by atoms with E-state index in [1.807, 2.05) is 18.7 Å². The van der Waals surface area contributed by atoms with Crippen LogP contribution in [0, 0.1) is 0 Å². The van der Waals surface area contributed by atoms with Crippen molar-refractivity contribution >= 4 is 17.7 Å². The molecule has 1 saturated heterocycles. The molecule has 0 aromatic carbocycles. The van der Waals surface area contributed by atoms with Crippen LogP contribution < -0.4 is 0 Å². The van der Waals surface area contributed by atoms with Crippen molar-refractivity contribution in [3.63, 3.8) is 0 Å².